The van der Waals surface area contributed by atoms with Gasteiger partial charge in [0.05, 0.1) is 5.60 Å². The number of aliphatic hydroxyl groups is 1. The van der Waals surface area contributed by atoms with Crippen LogP contribution in [0.25, 0.3) is 5.57 Å². The Morgan fingerprint density at radius 3 is 2.33 bits per heavy atom. The van der Waals surface area contributed by atoms with Crippen molar-refractivity contribution in [3.05, 3.63) is 36.7 Å². The van der Waals surface area contributed by atoms with Crippen LogP contribution >= 0.6 is 0 Å². The summed E-state index contributed by atoms with van der Waals surface area (Å²) in [5.74, 6) is 0. The van der Waals surface area contributed by atoms with E-state index in [2.05, 4.69) is 11.6 Å². The van der Waals surface area contributed by atoms with E-state index >= 15 is 0 Å². The lowest BCUT2D eigenvalue weighted by Gasteiger charge is -2.20. The zero-order valence-electron chi connectivity index (χ0n) is 7.41. The Kier molecular flexibility index (Phi) is 2.29. The minimum absolute atomic E-state index is 0.713. The van der Waals surface area contributed by atoms with Gasteiger partial charge in [0.15, 0.2) is 0 Å². The van der Waals surface area contributed by atoms with Gasteiger partial charge in [-0.3, -0.25) is 4.98 Å². The molecule has 0 fully saturated rings. The molecule has 2 nitrogen and oxygen atoms in total. The zero-order chi connectivity index (χ0) is 9.19. The largest absolute Gasteiger partial charge is 0.386 e. The van der Waals surface area contributed by atoms with Gasteiger partial charge in [0.2, 0.25) is 0 Å². The van der Waals surface area contributed by atoms with Crippen LogP contribution in [0.3, 0.4) is 0 Å². The molecule has 1 rings (SSSR count). The van der Waals surface area contributed by atoms with Gasteiger partial charge in [0, 0.05) is 12.4 Å². The summed E-state index contributed by atoms with van der Waals surface area (Å²) in [6.07, 6.45) is 3.37. The standard InChI is InChI=1S/C10H13NO/c1-8(10(2,3)12)9-4-6-11-7-5-9/h4-7,12H,1H2,2-3H3. The second kappa shape index (κ2) is 3.07. The third-order valence-electron chi connectivity index (χ3n) is 1.77. The highest BCUT2D eigenvalue weighted by molar-refractivity contribution is 5.68. The first kappa shape index (κ1) is 8.94. The van der Waals surface area contributed by atoms with Gasteiger partial charge in [-0.1, -0.05) is 6.58 Å². The molecule has 64 valence electrons. The second-order valence-corrected chi connectivity index (χ2v) is 3.27. The topological polar surface area (TPSA) is 33.1 Å². The van der Waals surface area contributed by atoms with Crippen molar-refractivity contribution >= 4 is 5.57 Å². The molecule has 0 atom stereocenters. The van der Waals surface area contributed by atoms with Crippen LogP contribution in [0.4, 0.5) is 0 Å². The first-order valence-electron chi connectivity index (χ1n) is 3.84. The van der Waals surface area contributed by atoms with E-state index < -0.39 is 5.60 Å². The van der Waals surface area contributed by atoms with Crippen LogP contribution in [-0.2, 0) is 0 Å². The molecule has 2 heteroatoms. The van der Waals surface area contributed by atoms with Crippen molar-refractivity contribution in [3.63, 3.8) is 0 Å². The van der Waals surface area contributed by atoms with Crippen LogP contribution in [-0.4, -0.2) is 15.7 Å². The fourth-order valence-corrected chi connectivity index (χ4v) is 0.906. The smallest absolute Gasteiger partial charge is 0.0840 e. The van der Waals surface area contributed by atoms with Crippen molar-refractivity contribution in [1.82, 2.24) is 4.98 Å². The van der Waals surface area contributed by atoms with Crippen LogP contribution in [0.1, 0.15) is 19.4 Å². The molecule has 0 saturated heterocycles. The Labute approximate surface area is 72.6 Å². The summed E-state index contributed by atoms with van der Waals surface area (Å²) in [5, 5.41) is 9.62. The van der Waals surface area contributed by atoms with Crippen LogP contribution in [0.15, 0.2) is 31.1 Å². The van der Waals surface area contributed by atoms with Gasteiger partial charge in [-0.2, -0.15) is 0 Å². The van der Waals surface area contributed by atoms with Crippen molar-refractivity contribution in [3.8, 4) is 0 Å². The highest BCUT2D eigenvalue weighted by Gasteiger charge is 2.17. The molecule has 0 amide bonds. The van der Waals surface area contributed by atoms with Crippen molar-refractivity contribution in [2.24, 2.45) is 0 Å². The Hall–Kier alpha value is -1.15. The number of aromatic nitrogens is 1. The normalized spacial score (nSPS) is 11.2. The number of pyridine rings is 1. The summed E-state index contributed by atoms with van der Waals surface area (Å²) in [5.41, 5.74) is 0.781. The number of rotatable bonds is 2. The average molecular weight is 163 g/mol. The Morgan fingerprint density at radius 2 is 1.92 bits per heavy atom. The van der Waals surface area contributed by atoms with E-state index in [1.807, 2.05) is 12.1 Å². The molecule has 0 aromatic carbocycles. The van der Waals surface area contributed by atoms with E-state index in [4.69, 9.17) is 0 Å². The van der Waals surface area contributed by atoms with Crippen molar-refractivity contribution in [2.75, 3.05) is 0 Å². The summed E-state index contributed by atoms with van der Waals surface area (Å²) in [7, 11) is 0. The summed E-state index contributed by atoms with van der Waals surface area (Å²) < 4.78 is 0. The zero-order valence-corrected chi connectivity index (χ0v) is 7.41. The molecule has 0 aliphatic carbocycles. The van der Waals surface area contributed by atoms with Crippen LogP contribution in [0, 0.1) is 0 Å². The molecule has 0 aliphatic rings. The monoisotopic (exact) mass is 163 g/mol. The SMILES string of the molecule is C=C(c1ccncc1)C(C)(C)O. The minimum Gasteiger partial charge on any atom is -0.386 e. The molecule has 0 radical (unpaired) electrons. The number of nitrogens with zero attached hydrogens (tertiary/aromatic N) is 1. The number of hydrogen-bond donors (Lipinski definition) is 1. The maximum atomic E-state index is 9.62. The van der Waals surface area contributed by atoms with Gasteiger partial charge in [0.1, 0.15) is 0 Å². The molecule has 0 bridgehead atoms. The van der Waals surface area contributed by atoms with E-state index in [-0.39, 0.29) is 0 Å². The fourth-order valence-electron chi connectivity index (χ4n) is 0.906. The van der Waals surface area contributed by atoms with Crippen molar-refractivity contribution < 1.29 is 5.11 Å². The van der Waals surface area contributed by atoms with Gasteiger partial charge in [-0.15, -0.1) is 0 Å². The minimum atomic E-state index is -0.860. The predicted molar refractivity (Wildman–Crippen MR) is 49.6 cm³/mol. The second-order valence-electron chi connectivity index (χ2n) is 3.27. The number of hydrogen-bond acceptors (Lipinski definition) is 2. The Bertz CT molecular complexity index is 272. The van der Waals surface area contributed by atoms with E-state index in [0.717, 1.165) is 5.56 Å². The lowest BCUT2D eigenvalue weighted by molar-refractivity contribution is 0.144. The first-order chi connectivity index (χ1) is 5.52. The fraction of sp³-hybridized carbons (Fsp3) is 0.300. The molecule has 1 aromatic heterocycles. The highest BCUT2D eigenvalue weighted by atomic mass is 16.3. The summed E-state index contributed by atoms with van der Waals surface area (Å²) in [4.78, 5) is 3.89. The Balaban J connectivity index is 2.94. The quantitative estimate of drug-likeness (QED) is 0.722. The molecule has 0 spiro atoms. The van der Waals surface area contributed by atoms with E-state index in [9.17, 15) is 5.11 Å². The van der Waals surface area contributed by atoms with Gasteiger partial charge < -0.3 is 5.11 Å². The maximum absolute atomic E-state index is 9.62. The molecule has 1 N–H and O–H groups in total. The van der Waals surface area contributed by atoms with Crippen molar-refractivity contribution in [1.29, 1.82) is 0 Å². The first-order valence-corrected chi connectivity index (χ1v) is 3.84. The van der Waals surface area contributed by atoms with Crippen molar-refractivity contribution in [2.45, 2.75) is 19.4 Å². The van der Waals surface area contributed by atoms with Gasteiger partial charge in [0.25, 0.3) is 0 Å². The predicted octanol–water partition coefficient (Wildman–Crippen LogP) is 1.87. The average Bonchev–Trinajstić information content (AvgIpc) is 2.03. The lowest BCUT2D eigenvalue weighted by Crippen LogP contribution is -2.19. The third kappa shape index (κ3) is 1.92. The Morgan fingerprint density at radius 1 is 1.42 bits per heavy atom. The summed E-state index contributed by atoms with van der Waals surface area (Å²) in [6, 6.07) is 3.67. The van der Waals surface area contributed by atoms with E-state index in [0.29, 0.717) is 5.57 Å². The molecule has 0 unspecified atom stereocenters. The van der Waals surface area contributed by atoms with E-state index in [1.165, 1.54) is 0 Å². The maximum Gasteiger partial charge on any atom is 0.0840 e. The van der Waals surface area contributed by atoms with Gasteiger partial charge in [-0.25, -0.2) is 0 Å². The van der Waals surface area contributed by atoms with Gasteiger partial charge in [-0.05, 0) is 37.1 Å². The molecule has 1 heterocycles. The molecule has 0 aliphatic heterocycles. The lowest BCUT2D eigenvalue weighted by atomic mass is 9.94. The molecule has 0 saturated carbocycles. The molecule has 12 heavy (non-hydrogen) atoms. The third-order valence-corrected chi connectivity index (χ3v) is 1.77. The van der Waals surface area contributed by atoms with Crippen LogP contribution in [0.2, 0.25) is 0 Å². The summed E-state index contributed by atoms with van der Waals surface area (Å²) in [6.45, 7) is 7.25. The van der Waals surface area contributed by atoms with E-state index in [1.54, 1.807) is 26.2 Å². The van der Waals surface area contributed by atoms with Gasteiger partial charge >= 0.3 is 0 Å². The van der Waals surface area contributed by atoms with Crippen LogP contribution < -0.4 is 0 Å². The highest BCUT2D eigenvalue weighted by Crippen LogP contribution is 2.23. The molecular weight excluding hydrogens is 150 g/mol. The van der Waals surface area contributed by atoms with Crippen LogP contribution in [0.5, 0.6) is 0 Å². The summed E-state index contributed by atoms with van der Waals surface area (Å²) >= 11 is 0. The molecule has 1 aromatic rings. The molecular formula is C10H13NO.